The van der Waals surface area contributed by atoms with Crippen LogP contribution in [0.15, 0.2) is 30.3 Å². The fourth-order valence-corrected chi connectivity index (χ4v) is 4.73. The van der Waals surface area contributed by atoms with Gasteiger partial charge in [0.1, 0.15) is 17.1 Å². The van der Waals surface area contributed by atoms with E-state index in [4.69, 9.17) is 14.2 Å². The van der Waals surface area contributed by atoms with Crippen molar-refractivity contribution in [1.29, 1.82) is 0 Å². The van der Waals surface area contributed by atoms with Gasteiger partial charge in [-0.1, -0.05) is 6.07 Å². The molecule has 1 aromatic carbocycles. The first-order valence-corrected chi connectivity index (χ1v) is 11.2. The largest absolute Gasteiger partial charge is 0.493 e. The Bertz CT molecular complexity index is 1160. The summed E-state index contributed by atoms with van der Waals surface area (Å²) >= 11 is 0.946. The molecule has 0 saturated carbocycles. The molecule has 1 aliphatic rings. The molecule has 1 unspecified atom stereocenters. The number of nitrogens with zero attached hydrogens (tertiary/aromatic N) is 1. The first-order valence-electron chi connectivity index (χ1n) is 10.4. The van der Waals surface area contributed by atoms with Gasteiger partial charge >= 0.3 is 6.18 Å². The highest BCUT2D eigenvalue weighted by molar-refractivity contribution is 7.20. The number of hydrogen-bond donors (Lipinski definition) is 1. The molecule has 3 aromatic rings. The van der Waals surface area contributed by atoms with Crippen molar-refractivity contribution < 1.29 is 32.2 Å². The van der Waals surface area contributed by atoms with E-state index in [0.29, 0.717) is 33.9 Å². The lowest BCUT2D eigenvalue weighted by atomic mass is 10.1. The van der Waals surface area contributed by atoms with Crippen LogP contribution in [0.4, 0.5) is 13.2 Å². The molecule has 1 atom stereocenters. The van der Waals surface area contributed by atoms with E-state index in [-0.39, 0.29) is 23.4 Å². The molecular formula is C23H23F3N2O4S. The number of hydrogen-bond acceptors (Lipinski definition) is 6. The maximum Gasteiger partial charge on any atom is 0.433 e. The molecule has 1 aliphatic heterocycles. The van der Waals surface area contributed by atoms with Crippen molar-refractivity contribution in [3.63, 3.8) is 0 Å². The fraction of sp³-hybridized carbons (Fsp3) is 0.391. The number of alkyl halides is 3. The van der Waals surface area contributed by atoms with Crippen LogP contribution in [0.3, 0.4) is 0 Å². The van der Waals surface area contributed by atoms with Crippen molar-refractivity contribution >= 4 is 27.5 Å². The lowest BCUT2D eigenvalue weighted by Crippen LogP contribution is -2.22. The summed E-state index contributed by atoms with van der Waals surface area (Å²) in [7, 11) is 1.54. The predicted molar refractivity (Wildman–Crippen MR) is 118 cm³/mol. The number of carbonyl (C=O) groups excluding carboxylic acids is 1. The molecule has 1 fully saturated rings. The average Bonchev–Trinajstić information content (AvgIpc) is 3.43. The zero-order chi connectivity index (χ0) is 23.6. The molecule has 3 heterocycles. The van der Waals surface area contributed by atoms with E-state index < -0.39 is 11.9 Å². The maximum absolute atomic E-state index is 12.9. The summed E-state index contributed by atoms with van der Waals surface area (Å²) in [6.07, 6.45) is -2.45. The van der Waals surface area contributed by atoms with Crippen LogP contribution in [0.5, 0.6) is 11.5 Å². The number of ether oxygens (including phenoxy) is 3. The Morgan fingerprint density at radius 1 is 1.27 bits per heavy atom. The van der Waals surface area contributed by atoms with E-state index in [9.17, 15) is 18.0 Å². The predicted octanol–water partition coefficient (Wildman–Crippen LogP) is 5.12. The third kappa shape index (κ3) is 5.22. The lowest BCUT2D eigenvalue weighted by molar-refractivity contribution is -0.140. The molecule has 33 heavy (non-hydrogen) atoms. The number of nitrogens with one attached hydrogen (secondary N) is 1. The van der Waals surface area contributed by atoms with Crippen molar-refractivity contribution in [1.82, 2.24) is 10.3 Å². The minimum absolute atomic E-state index is 0.0833. The summed E-state index contributed by atoms with van der Waals surface area (Å²) in [6, 6.07) is 7.66. The van der Waals surface area contributed by atoms with Crippen LogP contribution < -0.4 is 14.8 Å². The summed E-state index contributed by atoms with van der Waals surface area (Å²) in [6.45, 7) is 3.12. The standard InChI is InChI=1S/C23H23F3N2O4S/c1-13-16-6-8-19(23(24,25)26)28-22(16)33-20(13)21(29)27-11-14-5-7-17(18(10-14)30-2)32-12-15-4-3-9-31-15/h5-8,10,15H,3-4,9,11-12H2,1-2H3,(H,27,29). The molecule has 0 radical (unpaired) electrons. The molecule has 0 spiro atoms. The normalized spacial score (nSPS) is 16.2. The third-order valence-electron chi connectivity index (χ3n) is 5.43. The second kappa shape index (κ2) is 9.56. The third-order valence-corrected chi connectivity index (χ3v) is 6.63. The molecule has 0 aliphatic carbocycles. The molecule has 0 bridgehead atoms. The maximum atomic E-state index is 12.9. The quantitative estimate of drug-likeness (QED) is 0.508. The molecule has 1 N–H and O–H groups in total. The summed E-state index contributed by atoms with van der Waals surface area (Å²) in [5.41, 5.74) is 0.419. The number of thiophene rings is 1. The van der Waals surface area contributed by atoms with E-state index in [1.807, 2.05) is 6.07 Å². The second-order valence-electron chi connectivity index (χ2n) is 7.72. The van der Waals surface area contributed by atoms with Gasteiger partial charge in [0.05, 0.1) is 18.1 Å². The van der Waals surface area contributed by atoms with Crippen molar-refractivity contribution in [3.05, 3.63) is 52.0 Å². The molecule has 1 amide bonds. The number of amides is 1. The Morgan fingerprint density at radius 2 is 2.09 bits per heavy atom. The van der Waals surface area contributed by atoms with Gasteiger partial charge in [-0.2, -0.15) is 13.2 Å². The fourth-order valence-electron chi connectivity index (χ4n) is 3.64. The van der Waals surface area contributed by atoms with Crippen LogP contribution in [-0.2, 0) is 17.5 Å². The van der Waals surface area contributed by atoms with E-state index in [0.717, 1.165) is 42.4 Å². The summed E-state index contributed by atoms with van der Waals surface area (Å²) in [5, 5.41) is 3.35. The van der Waals surface area contributed by atoms with Crippen LogP contribution >= 0.6 is 11.3 Å². The molecule has 10 heteroatoms. The molecule has 4 rings (SSSR count). The van der Waals surface area contributed by atoms with Crippen molar-refractivity contribution in [2.24, 2.45) is 0 Å². The summed E-state index contributed by atoms with van der Waals surface area (Å²) < 4.78 is 55.6. The number of benzene rings is 1. The average molecular weight is 481 g/mol. The Morgan fingerprint density at radius 3 is 2.79 bits per heavy atom. The van der Waals surface area contributed by atoms with E-state index in [2.05, 4.69) is 10.3 Å². The lowest BCUT2D eigenvalue weighted by Gasteiger charge is -2.15. The monoisotopic (exact) mass is 480 g/mol. The Balaban J connectivity index is 1.43. The minimum Gasteiger partial charge on any atom is -0.493 e. The molecule has 176 valence electrons. The van der Waals surface area contributed by atoms with E-state index >= 15 is 0 Å². The highest BCUT2D eigenvalue weighted by atomic mass is 32.1. The number of aromatic nitrogens is 1. The van der Waals surface area contributed by atoms with Gasteiger partial charge in [0.25, 0.3) is 5.91 Å². The number of fused-ring (bicyclic) bond motifs is 1. The van der Waals surface area contributed by atoms with Gasteiger partial charge in [-0.15, -0.1) is 11.3 Å². The Kier molecular flexibility index (Phi) is 6.76. The van der Waals surface area contributed by atoms with Gasteiger partial charge in [0, 0.05) is 18.5 Å². The zero-order valence-corrected chi connectivity index (χ0v) is 18.9. The summed E-state index contributed by atoms with van der Waals surface area (Å²) in [5.74, 6) is 0.762. The van der Waals surface area contributed by atoms with Crippen LogP contribution in [-0.4, -0.2) is 37.3 Å². The van der Waals surface area contributed by atoms with Gasteiger partial charge in [-0.25, -0.2) is 4.98 Å². The number of methoxy groups -OCH3 is 1. The highest BCUT2D eigenvalue weighted by Crippen LogP contribution is 2.34. The van der Waals surface area contributed by atoms with Crippen LogP contribution in [0, 0.1) is 6.92 Å². The van der Waals surface area contributed by atoms with Gasteiger partial charge in [-0.05, 0) is 55.2 Å². The van der Waals surface area contributed by atoms with Crippen molar-refractivity contribution in [2.75, 3.05) is 20.3 Å². The smallest absolute Gasteiger partial charge is 0.433 e. The molecule has 1 saturated heterocycles. The Hall–Kier alpha value is -2.85. The molecule has 6 nitrogen and oxygen atoms in total. The van der Waals surface area contributed by atoms with E-state index in [1.54, 1.807) is 26.2 Å². The number of rotatable bonds is 7. The number of halogens is 3. The van der Waals surface area contributed by atoms with Crippen LogP contribution in [0.2, 0.25) is 0 Å². The number of aryl methyl sites for hydroxylation is 1. The topological polar surface area (TPSA) is 69.7 Å². The van der Waals surface area contributed by atoms with E-state index in [1.165, 1.54) is 6.07 Å². The number of pyridine rings is 1. The minimum atomic E-state index is -4.53. The van der Waals surface area contributed by atoms with Gasteiger partial charge in [0.15, 0.2) is 11.5 Å². The summed E-state index contributed by atoms with van der Waals surface area (Å²) in [4.78, 5) is 16.9. The van der Waals surface area contributed by atoms with Crippen LogP contribution in [0.1, 0.15) is 39.3 Å². The highest BCUT2D eigenvalue weighted by Gasteiger charge is 2.33. The van der Waals surface area contributed by atoms with Crippen molar-refractivity contribution in [3.8, 4) is 11.5 Å². The first kappa shape index (κ1) is 23.3. The van der Waals surface area contributed by atoms with Crippen LogP contribution in [0.25, 0.3) is 10.2 Å². The van der Waals surface area contributed by atoms with Crippen molar-refractivity contribution in [2.45, 2.75) is 38.6 Å². The first-order chi connectivity index (χ1) is 15.8. The molecular weight excluding hydrogens is 457 g/mol. The number of carbonyl (C=O) groups is 1. The SMILES string of the molecule is COc1cc(CNC(=O)c2sc3nc(C(F)(F)F)ccc3c2C)ccc1OCC1CCCO1. The zero-order valence-electron chi connectivity index (χ0n) is 18.1. The van der Waals surface area contributed by atoms with Gasteiger partial charge < -0.3 is 19.5 Å². The molecule has 2 aromatic heterocycles. The van der Waals surface area contributed by atoms with Gasteiger partial charge in [-0.3, -0.25) is 4.79 Å². The van der Waals surface area contributed by atoms with Gasteiger partial charge in [0.2, 0.25) is 0 Å². The Labute approximate surface area is 192 Å². The second-order valence-corrected chi connectivity index (χ2v) is 8.72.